The summed E-state index contributed by atoms with van der Waals surface area (Å²) in [5.41, 5.74) is 0. The number of hydrogen-bond donors (Lipinski definition) is 0. The highest BCUT2D eigenvalue weighted by Crippen LogP contribution is 2.48. The molecule has 0 aromatic rings. The van der Waals surface area contributed by atoms with Crippen LogP contribution in [0.4, 0.5) is 0 Å². The summed E-state index contributed by atoms with van der Waals surface area (Å²) in [6.45, 7) is 7.37. The Hall–Kier alpha value is 0.350. The molecule has 0 radical (unpaired) electrons. The van der Waals surface area contributed by atoms with Crippen LogP contribution in [0.3, 0.4) is 0 Å². The number of thioether (sulfide) groups is 1. The largest absolute Gasteiger partial charge is 0.155 e. The molecular weight excluding hydrogens is 176 g/mol. The van der Waals surface area contributed by atoms with Crippen molar-refractivity contribution >= 4 is 11.8 Å². The van der Waals surface area contributed by atoms with Crippen LogP contribution >= 0.6 is 11.8 Å². The zero-order valence-electron chi connectivity index (χ0n) is 9.12. The first-order valence-corrected chi connectivity index (χ1v) is 6.78. The van der Waals surface area contributed by atoms with E-state index < -0.39 is 0 Å². The van der Waals surface area contributed by atoms with Crippen molar-refractivity contribution in [3.8, 4) is 0 Å². The molecule has 2 aliphatic rings. The molecule has 0 bridgehead atoms. The Kier molecular flexibility index (Phi) is 2.92. The highest BCUT2D eigenvalue weighted by atomic mass is 32.2. The molecule has 13 heavy (non-hydrogen) atoms. The summed E-state index contributed by atoms with van der Waals surface area (Å²) in [5, 5.41) is 1.92. The van der Waals surface area contributed by atoms with Gasteiger partial charge in [0.15, 0.2) is 0 Å². The van der Waals surface area contributed by atoms with E-state index in [0.717, 1.165) is 28.3 Å². The minimum absolute atomic E-state index is 0.918. The standard InChI is InChI=1S/C12H22S/c1-8-5-4-6-11-12(8)9(2)7-10(3)13-11/h8-12H,4-7H2,1-3H3. The van der Waals surface area contributed by atoms with Gasteiger partial charge in [0.25, 0.3) is 0 Å². The molecule has 0 spiro atoms. The molecule has 1 saturated carbocycles. The van der Waals surface area contributed by atoms with Gasteiger partial charge in [-0.25, -0.2) is 0 Å². The quantitative estimate of drug-likeness (QED) is 0.568. The van der Waals surface area contributed by atoms with Crippen LogP contribution < -0.4 is 0 Å². The first-order chi connectivity index (χ1) is 6.18. The molecule has 1 aliphatic heterocycles. The van der Waals surface area contributed by atoms with Crippen molar-refractivity contribution in [1.29, 1.82) is 0 Å². The zero-order valence-corrected chi connectivity index (χ0v) is 9.94. The third kappa shape index (κ3) is 1.91. The third-order valence-electron chi connectivity index (χ3n) is 4.00. The van der Waals surface area contributed by atoms with Crippen LogP contribution in [-0.4, -0.2) is 10.5 Å². The lowest BCUT2D eigenvalue weighted by Crippen LogP contribution is -2.39. The Bertz CT molecular complexity index is 178. The van der Waals surface area contributed by atoms with Gasteiger partial charge in [-0.2, -0.15) is 11.8 Å². The molecule has 0 nitrogen and oxygen atoms in total. The monoisotopic (exact) mass is 198 g/mol. The lowest BCUT2D eigenvalue weighted by atomic mass is 9.72. The van der Waals surface area contributed by atoms with E-state index >= 15 is 0 Å². The summed E-state index contributed by atoms with van der Waals surface area (Å²) in [6, 6.07) is 0. The van der Waals surface area contributed by atoms with Crippen molar-refractivity contribution in [2.24, 2.45) is 17.8 Å². The molecule has 5 atom stereocenters. The molecule has 0 amide bonds. The van der Waals surface area contributed by atoms with Crippen molar-refractivity contribution < 1.29 is 0 Å². The van der Waals surface area contributed by atoms with Crippen molar-refractivity contribution in [1.82, 2.24) is 0 Å². The van der Waals surface area contributed by atoms with Gasteiger partial charge in [-0.3, -0.25) is 0 Å². The molecule has 5 unspecified atom stereocenters. The van der Waals surface area contributed by atoms with Gasteiger partial charge >= 0.3 is 0 Å². The first-order valence-electron chi connectivity index (χ1n) is 5.84. The molecule has 76 valence electrons. The predicted octanol–water partition coefficient (Wildman–Crippen LogP) is 3.95. The molecule has 1 aliphatic carbocycles. The lowest BCUT2D eigenvalue weighted by molar-refractivity contribution is 0.177. The molecular formula is C12H22S. The summed E-state index contributed by atoms with van der Waals surface area (Å²) in [4.78, 5) is 0. The van der Waals surface area contributed by atoms with Gasteiger partial charge in [-0.05, 0) is 30.6 Å². The Morgan fingerprint density at radius 3 is 2.54 bits per heavy atom. The Morgan fingerprint density at radius 2 is 1.77 bits per heavy atom. The third-order valence-corrected chi connectivity index (χ3v) is 5.56. The fourth-order valence-corrected chi connectivity index (χ4v) is 5.55. The minimum atomic E-state index is 0.918. The summed E-state index contributed by atoms with van der Waals surface area (Å²) in [5.74, 6) is 3.01. The molecule has 2 fully saturated rings. The van der Waals surface area contributed by atoms with Crippen molar-refractivity contribution in [3.63, 3.8) is 0 Å². The van der Waals surface area contributed by atoms with E-state index in [1.165, 1.54) is 25.7 Å². The van der Waals surface area contributed by atoms with E-state index in [9.17, 15) is 0 Å². The van der Waals surface area contributed by atoms with Gasteiger partial charge < -0.3 is 0 Å². The van der Waals surface area contributed by atoms with E-state index in [2.05, 4.69) is 32.5 Å². The highest BCUT2D eigenvalue weighted by molar-refractivity contribution is 8.00. The fourth-order valence-electron chi connectivity index (χ4n) is 3.51. The normalized spacial score (nSPS) is 51.5. The number of fused-ring (bicyclic) bond motifs is 1. The van der Waals surface area contributed by atoms with Gasteiger partial charge in [0.2, 0.25) is 0 Å². The molecule has 2 rings (SSSR count). The zero-order chi connectivity index (χ0) is 9.42. The fraction of sp³-hybridized carbons (Fsp3) is 1.00. The molecule has 1 heteroatoms. The predicted molar refractivity (Wildman–Crippen MR) is 61.1 cm³/mol. The maximum Gasteiger partial charge on any atom is 0.00830 e. The molecule has 0 N–H and O–H groups in total. The van der Waals surface area contributed by atoms with E-state index in [0.29, 0.717) is 0 Å². The van der Waals surface area contributed by atoms with E-state index in [1.807, 2.05) is 0 Å². The summed E-state index contributed by atoms with van der Waals surface area (Å²) >= 11 is 2.28. The van der Waals surface area contributed by atoms with Crippen molar-refractivity contribution in [2.45, 2.75) is 57.0 Å². The summed E-state index contributed by atoms with van der Waals surface area (Å²) < 4.78 is 0. The van der Waals surface area contributed by atoms with Gasteiger partial charge in [0, 0.05) is 10.5 Å². The molecule has 0 aromatic carbocycles. The van der Waals surface area contributed by atoms with Crippen LogP contribution in [0.1, 0.15) is 46.5 Å². The van der Waals surface area contributed by atoms with Gasteiger partial charge in [-0.1, -0.05) is 33.6 Å². The SMILES string of the molecule is CC1CC(C)C2C(C)CCCC2S1. The smallest absolute Gasteiger partial charge is 0.00830 e. The topological polar surface area (TPSA) is 0 Å². The second kappa shape index (κ2) is 3.84. The van der Waals surface area contributed by atoms with Crippen LogP contribution in [0.2, 0.25) is 0 Å². The maximum absolute atomic E-state index is 2.48. The Labute approximate surface area is 86.9 Å². The van der Waals surface area contributed by atoms with Gasteiger partial charge in [-0.15, -0.1) is 0 Å². The highest BCUT2D eigenvalue weighted by Gasteiger charge is 2.39. The van der Waals surface area contributed by atoms with Gasteiger partial charge in [0.1, 0.15) is 0 Å². The average molecular weight is 198 g/mol. The second-order valence-electron chi connectivity index (χ2n) is 5.18. The summed E-state index contributed by atoms with van der Waals surface area (Å²) in [6.07, 6.45) is 5.92. The average Bonchev–Trinajstić information content (AvgIpc) is 2.02. The van der Waals surface area contributed by atoms with Crippen LogP contribution in [0, 0.1) is 17.8 Å². The van der Waals surface area contributed by atoms with E-state index in [4.69, 9.17) is 0 Å². The second-order valence-corrected chi connectivity index (χ2v) is 6.87. The Morgan fingerprint density at radius 1 is 1.00 bits per heavy atom. The van der Waals surface area contributed by atoms with Gasteiger partial charge in [0.05, 0.1) is 0 Å². The minimum Gasteiger partial charge on any atom is -0.155 e. The first kappa shape index (κ1) is 9.89. The number of rotatable bonds is 0. The molecule has 0 aromatic heterocycles. The number of hydrogen-bond acceptors (Lipinski definition) is 1. The van der Waals surface area contributed by atoms with Crippen LogP contribution in [-0.2, 0) is 0 Å². The molecule has 1 heterocycles. The Balaban J connectivity index is 2.08. The van der Waals surface area contributed by atoms with E-state index in [-0.39, 0.29) is 0 Å². The molecule has 1 saturated heterocycles. The summed E-state index contributed by atoms with van der Waals surface area (Å²) in [7, 11) is 0. The van der Waals surface area contributed by atoms with Crippen LogP contribution in [0.5, 0.6) is 0 Å². The van der Waals surface area contributed by atoms with Crippen LogP contribution in [0.15, 0.2) is 0 Å². The van der Waals surface area contributed by atoms with Crippen molar-refractivity contribution in [3.05, 3.63) is 0 Å². The lowest BCUT2D eigenvalue weighted by Gasteiger charge is -2.45. The van der Waals surface area contributed by atoms with Crippen molar-refractivity contribution in [2.75, 3.05) is 0 Å². The van der Waals surface area contributed by atoms with E-state index in [1.54, 1.807) is 0 Å². The maximum atomic E-state index is 2.48. The van der Waals surface area contributed by atoms with Crippen LogP contribution in [0.25, 0.3) is 0 Å².